The number of rotatable bonds is 3. The van der Waals surface area contributed by atoms with Gasteiger partial charge in [-0.25, -0.2) is 0 Å². The molecule has 5 fully saturated rings. The molecule has 0 radical (unpaired) electrons. The molecule has 1 spiro atoms. The zero-order valence-electron chi connectivity index (χ0n) is 18.4. The van der Waals surface area contributed by atoms with Crippen LogP contribution in [0.4, 0.5) is 5.69 Å². The number of anilines is 1. The molecule has 5 aliphatic rings. The monoisotopic (exact) mass is 444 g/mol. The van der Waals surface area contributed by atoms with Crippen molar-refractivity contribution in [3.8, 4) is 0 Å². The van der Waals surface area contributed by atoms with Crippen molar-refractivity contribution in [2.75, 3.05) is 44.2 Å². The van der Waals surface area contributed by atoms with Crippen LogP contribution in [-0.4, -0.2) is 61.9 Å². The number of benzene rings is 1. The average molecular weight is 445 g/mol. The molecule has 0 N–H and O–H groups in total. The van der Waals surface area contributed by atoms with Crippen molar-refractivity contribution in [3.05, 3.63) is 29.3 Å². The number of ether oxygens (including phenoxy) is 2. The summed E-state index contributed by atoms with van der Waals surface area (Å²) in [6.07, 6.45) is 5.94. The summed E-state index contributed by atoms with van der Waals surface area (Å²) in [5.74, 6) is 1.01. The molecule has 3 aliphatic heterocycles. The average Bonchev–Trinajstić information content (AvgIpc) is 3.45. The van der Waals surface area contributed by atoms with Gasteiger partial charge in [0.1, 0.15) is 6.10 Å². The lowest BCUT2D eigenvalue weighted by Crippen LogP contribution is -2.52. The quantitative estimate of drug-likeness (QED) is 0.521. The standard InChI is InChI=1S/C25H33ClN2O3/c1-24-6-3-7-25(16-30-25)22(24)13-19-20(23(29)31-21(19)14-24)15-27-8-10-28(11-9-27)18-5-2-4-17(26)12-18/h2,4-5,12,19-22H,3,6-11,13-16H2,1H3/t19-,20-,21+,22-,24+,25-/m0/s1. The Hall–Kier alpha value is -1.30. The van der Waals surface area contributed by atoms with E-state index in [-0.39, 0.29) is 29.0 Å². The lowest BCUT2D eigenvalue weighted by atomic mass is 9.53. The number of hydrogen-bond acceptors (Lipinski definition) is 5. The molecule has 0 amide bonds. The number of nitrogens with zero attached hydrogens (tertiary/aromatic N) is 2. The first-order chi connectivity index (χ1) is 15.0. The normalized spacial score (nSPS) is 42.3. The van der Waals surface area contributed by atoms with Crippen molar-refractivity contribution < 1.29 is 14.3 Å². The molecule has 6 atom stereocenters. The van der Waals surface area contributed by atoms with Gasteiger partial charge >= 0.3 is 5.97 Å². The second kappa shape index (κ2) is 7.36. The minimum atomic E-state index is 0.0185. The van der Waals surface area contributed by atoms with E-state index in [2.05, 4.69) is 22.8 Å². The molecule has 6 heteroatoms. The number of esters is 1. The van der Waals surface area contributed by atoms with Crippen molar-refractivity contribution in [1.82, 2.24) is 4.90 Å². The van der Waals surface area contributed by atoms with E-state index in [1.54, 1.807) is 0 Å². The first-order valence-electron chi connectivity index (χ1n) is 12.0. The second-order valence-electron chi connectivity index (χ2n) is 10.9. The SMILES string of the molecule is C[C@]12CCC[C@]3(CO3)[C@H]1C[C@H]1[C@H](CN3CCN(c4cccc(Cl)c4)CC3)C(=O)O[C@@H]1C2. The molecule has 2 saturated carbocycles. The van der Waals surface area contributed by atoms with Gasteiger partial charge in [-0.1, -0.05) is 24.6 Å². The van der Waals surface area contributed by atoms with Crippen molar-refractivity contribution in [2.24, 2.45) is 23.2 Å². The molecule has 6 rings (SSSR count). The van der Waals surface area contributed by atoms with Gasteiger partial charge in [-0.2, -0.15) is 0 Å². The molecule has 1 aromatic carbocycles. The van der Waals surface area contributed by atoms with Crippen molar-refractivity contribution in [3.63, 3.8) is 0 Å². The third-order valence-electron chi connectivity index (χ3n) is 9.08. The summed E-state index contributed by atoms with van der Waals surface area (Å²) in [5.41, 5.74) is 1.58. The summed E-state index contributed by atoms with van der Waals surface area (Å²) >= 11 is 6.17. The van der Waals surface area contributed by atoms with Crippen molar-refractivity contribution in [1.29, 1.82) is 0 Å². The Bertz CT molecular complexity index is 866. The van der Waals surface area contributed by atoms with Crippen LogP contribution >= 0.6 is 11.6 Å². The molecule has 0 aromatic heterocycles. The van der Waals surface area contributed by atoms with Crippen LogP contribution in [0.1, 0.15) is 39.0 Å². The zero-order valence-corrected chi connectivity index (χ0v) is 19.2. The number of carbonyl (C=O) groups is 1. The first-order valence-corrected chi connectivity index (χ1v) is 12.4. The highest BCUT2D eigenvalue weighted by Gasteiger charge is 2.65. The predicted molar refractivity (Wildman–Crippen MR) is 120 cm³/mol. The van der Waals surface area contributed by atoms with Crippen LogP contribution in [0.15, 0.2) is 24.3 Å². The maximum absolute atomic E-state index is 12.9. The molecule has 0 bridgehead atoms. The number of carbonyl (C=O) groups excluding carboxylic acids is 1. The highest BCUT2D eigenvalue weighted by Crippen LogP contribution is 2.62. The van der Waals surface area contributed by atoms with Gasteiger partial charge in [-0.05, 0) is 61.6 Å². The minimum Gasteiger partial charge on any atom is -0.462 e. The molecule has 3 heterocycles. The molecule has 1 aromatic rings. The molecular formula is C25H33ClN2O3. The Kier molecular flexibility index (Phi) is 4.82. The van der Waals surface area contributed by atoms with Crippen LogP contribution in [0.3, 0.4) is 0 Å². The maximum Gasteiger partial charge on any atom is 0.310 e. The van der Waals surface area contributed by atoms with Gasteiger partial charge in [-0.15, -0.1) is 0 Å². The highest BCUT2D eigenvalue weighted by atomic mass is 35.5. The maximum atomic E-state index is 12.9. The molecular weight excluding hydrogens is 412 g/mol. The molecule has 5 nitrogen and oxygen atoms in total. The number of fused-ring (bicyclic) bond motifs is 3. The largest absolute Gasteiger partial charge is 0.462 e. The fourth-order valence-electron chi connectivity index (χ4n) is 7.31. The molecule has 168 valence electrons. The third kappa shape index (κ3) is 3.48. The van der Waals surface area contributed by atoms with Crippen LogP contribution in [0, 0.1) is 23.2 Å². The van der Waals surface area contributed by atoms with Gasteiger partial charge in [0.25, 0.3) is 0 Å². The molecule has 3 saturated heterocycles. The van der Waals surface area contributed by atoms with E-state index in [0.29, 0.717) is 11.8 Å². The van der Waals surface area contributed by atoms with E-state index < -0.39 is 0 Å². The highest BCUT2D eigenvalue weighted by molar-refractivity contribution is 6.30. The third-order valence-corrected chi connectivity index (χ3v) is 9.31. The van der Waals surface area contributed by atoms with Gasteiger partial charge < -0.3 is 14.4 Å². The van der Waals surface area contributed by atoms with Crippen LogP contribution in [0.2, 0.25) is 5.02 Å². The van der Waals surface area contributed by atoms with E-state index in [1.165, 1.54) is 24.9 Å². The van der Waals surface area contributed by atoms with Gasteiger partial charge in [0.2, 0.25) is 0 Å². The fraction of sp³-hybridized carbons (Fsp3) is 0.720. The van der Waals surface area contributed by atoms with Gasteiger partial charge in [0, 0.05) is 49.4 Å². The summed E-state index contributed by atoms with van der Waals surface area (Å²) < 4.78 is 12.0. The predicted octanol–water partition coefficient (Wildman–Crippen LogP) is 3.99. The Morgan fingerprint density at radius 1 is 1.19 bits per heavy atom. The smallest absolute Gasteiger partial charge is 0.310 e. The Balaban J connectivity index is 1.12. The van der Waals surface area contributed by atoms with Crippen LogP contribution < -0.4 is 4.90 Å². The van der Waals surface area contributed by atoms with Gasteiger partial charge in [0.15, 0.2) is 0 Å². The van der Waals surface area contributed by atoms with E-state index in [4.69, 9.17) is 21.1 Å². The van der Waals surface area contributed by atoms with E-state index in [1.807, 2.05) is 18.2 Å². The summed E-state index contributed by atoms with van der Waals surface area (Å²) in [5, 5.41) is 0.782. The van der Waals surface area contributed by atoms with Crippen LogP contribution in [0.5, 0.6) is 0 Å². The van der Waals surface area contributed by atoms with Crippen molar-refractivity contribution >= 4 is 23.3 Å². The fourth-order valence-corrected chi connectivity index (χ4v) is 7.49. The summed E-state index contributed by atoms with van der Waals surface area (Å²) in [7, 11) is 0. The second-order valence-corrected chi connectivity index (χ2v) is 11.3. The summed E-state index contributed by atoms with van der Waals surface area (Å²) in [4.78, 5) is 17.8. The molecule has 31 heavy (non-hydrogen) atoms. The van der Waals surface area contributed by atoms with E-state index in [0.717, 1.165) is 57.2 Å². The Morgan fingerprint density at radius 2 is 2.00 bits per heavy atom. The molecule has 0 unspecified atom stereocenters. The lowest BCUT2D eigenvalue weighted by Gasteiger charge is -2.51. The molecule has 2 aliphatic carbocycles. The Morgan fingerprint density at radius 3 is 2.74 bits per heavy atom. The van der Waals surface area contributed by atoms with Gasteiger partial charge in [0.05, 0.1) is 18.1 Å². The first kappa shape index (κ1) is 20.3. The van der Waals surface area contributed by atoms with E-state index in [9.17, 15) is 4.79 Å². The number of hydrogen-bond donors (Lipinski definition) is 0. The van der Waals surface area contributed by atoms with Crippen LogP contribution in [-0.2, 0) is 14.3 Å². The number of epoxide rings is 1. The Labute approximate surface area is 190 Å². The zero-order chi connectivity index (χ0) is 21.2. The van der Waals surface area contributed by atoms with Crippen molar-refractivity contribution in [2.45, 2.75) is 50.7 Å². The summed E-state index contributed by atoms with van der Waals surface area (Å²) in [6, 6.07) is 8.09. The van der Waals surface area contributed by atoms with Crippen LogP contribution in [0.25, 0.3) is 0 Å². The topological polar surface area (TPSA) is 45.3 Å². The van der Waals surface area contributed by atoms with Gasteiger partial charge in [-0.3, -0.25) is 9.69 Å². The lowest BCUT2D eigenvalue weighted by molar-refractivity contribution is -0.147. The summed E-state index contributed by atoms with van der Waals surface area (Å²) in [6.45, 7) is 8.06. The number of piperazine rings is 1. The number of halogens is 1. The minimum absolute atomic E-state index is 0.0185. The van der Waals surface area contributed by atoms with E-state index >= 15 is 0 Å².